The van der Waals surface area contributed by atoms with Gasteiger partial charge in [-0.2, -0.15) is 0 Å². The molecule has 0 bridgehead atoms. The predicted octanol–water partition coefficient (Wildman–Crippen LogP) is 3.67. The van der Waals surface area contributed by atoms with Crippen LogP contribution in [0.15, 0.2) is 22.8 Å². The third-order valence-corrected chi connectivity index (χ3v) is 5.94. The Morgan fingerprint density at radius 1 is 1.43 bits per heavy atom. The maximum atomic E-state index is 12.6. The van der Waals surface area contributed by atoms with Gasteiger partial charge in [-0.1, -0.05) is 0 Å². The van der Waals surface area contributed by atoms with Crippen molar-refractivity contribution in [1.29, 1.82) is 0 Å². The highest BCUT2D eigenvalue weighted by Crippen LogP contribution is 2.35. The SMILES string of the molecule is Cc1nc(C)c(C(=O)N2CCSC(c3ccco3)CC2)s1. The topological polar surface area (TPSA) is 46.3 Å². The first-order valence-electron chi connectivity index (χ1n) is 7.03. The van der Waals surface area contributed by atoms with Gasteiger partial charge in [0.25, 0.3) is 5.91 Å². The molecular weight excluding hydrogens is 304 g/mol. The van der Waals surface area contributed by atoms with E-state index < -0.39 is 0 Å². The molecule has 112 valence electrons. The monoisotopic (exact) mass is 322 g/mol. The lowest BCUT2D eigenvalue weighted by molar-refractivity contribution is 0.0770. The van der Waals surface area contributed by atoms with Gasteiger partial charge in [-0.05, 0) is 32.4 Å². The van der Waals surface area contributed by atoms with E-state index in [0.29, 0.717) is 5.25 Å². The van der Waals surface area contributed by atoms with E-state index in [9.17, 15) is 4.79 Å². The summed E-state index contributed by atoms with van der Waals surface area (Å²) in [4.78, 5) is 19.7. The van der Waals surface area contributed by atoms with Gasteiger partial charge in [0, 0.05) is 18.8 Å². The standard InChI is InChI=1S/C15H18N2O2S2/c1-10-14(21-11(2)16-10)15(18)17-6-5-13(20-9-7-17)12-4-3-8-19-12/h3-4,8,13H,5-7,9H2,1-2H3. The zero-order chi connectivity index (χ0) is 14.8. The summed E-state index contributed by atoms with van der Waals surface area (Å²) in [6, 6.07) is 3.94. The molecule has 2 aromatic heterocycles. The molecule has 1 unspecified atom stereocenters. The van der Waals surface area contributed by atoms with E-state index in [1.54, 1.807) is 6.26 Å². The van der Waals surface area contributed by atoms with Crippen molar-refractivity contribution in [2.75, 3.05) is 18.8 Å². The van der Waals surface area contributed by atoms with E-state index in [2.05, 4.69) is 4.98 Å². The second-order valence-corrected chi connectivity index (χ2v) is 7.62. The van der Waals surface area contributed by atoms with Gasteiger partial charge >= 0.3 is 0 Å². The molecule has 0 N–H and O–H groups in total. The highest BCUT2D eigenvalue weighted by molar-refractivity contribution is 7.99. The molecule has 0 radical (unpaired) electrons. The van der Waals surface area contributed by atoms with Crippen molar-refractivity contribution in [1.82, 2.24) is 9.88 Å². The number of nitrogens with zero attached hydrogens (tertiary/aromatic N) is 2. The fraction of sp³-hybridized carbons (Fsp3) is 0.467. The summed E-state index contributed by atoms with van der Waals surface area (Å²) in [5, 5.41) is 1.30. The zero-order valence-electron chi connectivity index (χ0n) is 12.2. The molecule has 1 aliphatic rings. The molecule has 6 heteroatoms. The lowest BCUT2D eigenvalue weighted by Gasteiger charge is -2.19. The van der Waals surface area contributed by atoms with Crippen molar-refractivity contribution in [2.24, 2.45) is 0 Å². The van der Waals surface area contributed by atoms with Gasteiger partial charge in [0.05, 0.1) is 22.2 Å². The maximum absolute atomic E-state index is 12.6. The lowest BCUT2D eigenvalue weighted by Crippen LogP contribution is -2.32. The summed E-state index contributed by atoms with van der Waals surface area (Å²) in [7, 11) is 0. The summed E-state index contributed by atoms with van der Waals surface area (Å²) in [6.07, 6.45) is 2.65. The molecule has 21 heavy (non-hydrogen) atoms. The second kappa shape index (κ2) is 6.23. The summed E-state index contributed by atoms with van der Waals surface area (Å²) >= 11 is 3.36. The fourth-order valence-corrected chi connectivity index (χ4v) is 4.62. The average Bonchev–Trinajstić information content (AvgIpc) is 3.02. The molecule has 0 saturated carbocycles. The normalized spacial score (nSPS) is 19.5. The Kier molecular flexibility index (Phi) is 4.35. The summed E-state index contributed by atoms with van der Waals surface area (Å²) in [6.45, 7) is 5.42. The number of hydrogen-bond acceptors (Lipinski definition) is 5. The quantitative estimate of drug-likeness (QED) is 0.846. The van der Waals surface area contributed by atoms with Crippen LogP contribution in [0.1, 0.15) is 37.8 Å². The first kappa shape index (κ1) is 14.7. The van der Waals surface area contributed by atoms with E-state index in [1.165, 1.54) is 11.3 Å². The highest BCUT2D eigenvalue weighted by atomic mass is 32.2. The van der Waals surface area contributed by atoms with Crippen LogP contribution in [0.5, 0.6) is 0 Å². The minimum absolute atomic E-state index is 0.124. The minimum Gasteiger partial charge on any atom is -0.468 e. The van der Waals surface area contributed by atoms with Gasteiger partial charge in [-0.25, -0.2) is 4.98 Å². The van der Waals surface area contributed by atoms with Gasteiger partial charge in [-0.3, -0.25) is 4.79 Å². The van der Waals surface area contributed by atoms with E-state index >= 15 is 0 Å². The van der Waals surface area contributed by atoms with Crippen molar-refractivity contribution in [2.45, 2.75) is 25.5 Å². The second-order valence-electron chi connectivity index (χ2n) is 5.10. The molecule has 4 nitrogen and oxygen atoms in total. The fourth-order valence-electron chi connectivity index (χ4n) is 2.55. The van der Waals surface area contributed by atoms with Gasteiger partial charge < -0.3 is 9.32 Å². The van der Waals surface area contributed by atoms with Crippen molar-refractivity contribution in [3.05, 3.63) is 39.7 Å². The van der Waals surface area contributed by atoms with Crippen LogP contribution in [0, 0.1) is 13.8 Å². The molecule has 1 atom stereocenters. The van der Waals surface area contributed by atoms with Crippen molar-refractivity contribution >= 4 is 29.0 Å². The molecule has 1 amide bonds. The van der Waals surface area contributed by atoms with Crippen LogP contribution >= 0.6 is 23.1 Å². The Labute approximate surface area is 132 Å². The molecule has 1 saturated heterocycles. The average molecular weight is 322 g/mol. The minimum atomic E-state index is 0.124. The number of hydrogen-bond donors (Lipinski definition) is 0. The first-order valence-corrected chi connectivity index (χ1v) is 8.90. The van der Waals surface area contributed by atoms with Crippen molar-refractivity contribution < 1.29 is 9.21 Å². The van der Waals surface area contributed by atoms with E-state index in [1.807, 2.05) is 42.6 Å². The number of carbonyl (C=O) groups is 1. The van der Waals surface area contributed by atoms with Gasteiger partial charge in [0.2, 0.25) is 0 Å². The van der Waals surface area contributed by atoms with Crippen LogP contribution in [0.3, 0.4) is 0 Å². The van der Waals surface area contributed by atoms with Crippen LogP contribution in [0.2, 0.25) is 0 Å². The Hall–Kier alpha value is -1.27. The molecule has 3 heterocycles. The van der Waals surface area contributed by atoms with Gasteiger partial charge in [0.1, 0.15) is 10.6 Å². The number of thiazole rings is 1. The summed E-state index contributed by atoms with van der Waals surface area (Å²) in [5.74, 6) is 2.08. The molecule has 2 aromatic rings. The third-order valence-electron chi connectivity index (χ3n) is 3.59. The van der Waals surface area contributed by atoms with Crippen LogP contribution < -0.4 is 0 Å². The number of amides is 1. The molecule has 1 aliphatic heterocycles. The van der Waals surface area contributed by atoms with E-state index in [0.717, 1.165) is 46.6 Å². The Morgan fingerprint density at radius 3 is 2.95 bits per heavy atom. The van der Waals surface area contributed by atoms with Crippen molar-refractivity contribution in [3.8, 4) is 0 Å². The molecule has 0 spiro atoms. The van der Waals surface area contributed by atoms with E-state index in [4.69, 9.17) is 4.42 Å². The largest absolute Gasteiger partial charge is 0.468 e. The van der Waals surface area contributed by atoms with Crippen LogP contribution in [-0.2, 0) is 0 Å². The number of aryl methyl sites for hydroxylation is 2. The third kappa shape index (κ3) is 3.16. The van der Waals surface area contributed by atoms with E-state index in [-0.39, 0.29) is 5.91 Å². The number of thioether (sulfide) groups is 1. The lowest BCUT2D eigenvalue weighted by atomic mass is 10.2. The molecule has 0 aliphatic carbocycles. The van der Waals surface area contributed by atoms with Crippen LogP contribution in [0.4, 0.5) is 0 Å². The predicted molar refractivity (Wildman–Crippen MR) is 86.0 cm³/mol. The summed E-state index contributed by atoms with van der Waals surface area (Å²) in [5.41, 5.74) is 0.849. The van der Waals surface area contributed by atoms with Crippen LogP contribution in [0.25, 0.3) is 0 Å². The van der Waals surface area contributed by atoms with Gasteiger partial charge in [0.15, 0.2) is 0 Å². The number of aromatic nitrogens is 1. The Bertz CT molecular complexity index is 622. The Balaban J connectivity index is 1.70. The number of furan rings is 1. The molecule has 3 rings (SSSR count). The number of rotatable bonds is 2. The van der Waals surface area contributed by atoms with Crippen LogP contribution in [-0.4, -0.2) is 34.6 Å². The van der Waals surface area contributed by atoms with Crippen molar-refractivity contribution in [3.63, 3.8) is 0 Å². The first-order chi connectivity index (χ1) is 10.1. The summed E-state index contributed by atoms with van der Waals surface area (Å²) < 4.78 is 5.50. The number of carbonyl (C=O) groups excluding carboxylic acids is 1. The molecule has 0 aromatic carbocycles. The highest BCUT2D eigenvalue weighted by Gasteiger charge is 2.26. The molecule has 1 fully saturated rings. The molecular formula is C15H18N2O2S2. The Morgan fingerprint density at radius 2 is 2.29 bits per heavy atom. The van der Waals surface area contributed by atoms with Gasteiger partial charge in [-0.15, -0.1) is 23.1 Å². The smallest absolute Gasteiger partial charge is 0.265 e. The maximum Gasteiger partial charge on any atom is 0.265 e. The zero-order valence-corrected chi connectivity index (χ0v) is 13.8.